The Morgan fingerprint density at radius 1 is 1.20 bits per heavy atom. The Morgan fingerprint density at radius 2 is 1.73 bits per heavy atom. The van der Waals surface area contributed by atoms with Crippen LogP contribution in [0.1, 0.15) is 47.5 Å². The summed E-state index contributed by atoms with van der Waals surface area (Å²) in [5.74, 6) is 0.697. The largest absolute Gasteiger partial charge is 0.330 e. The van der Waals surface area contributed by atoms with Crippen LogP contribution in [-0.4, -0.2) is 19.1 Å². The first-order chi connectivity index (χ1) is 6.87. The molecule has 0 spiro atoms. The predicted octanol–water partition coefficient (Wildman–Crippen LogP) is 2.39. The quantitative estimate of drug-likeness (QED) is 0.709. The van der Waals surface area contributed by atoms with E-state index in [-0.39, 0.29) is 0 Å². The average Bonchev–Trinajstić information content (AvgIpc) is 2.54. The van der Waals surface area contributed by atoms with Crippen LogP contribution in [0, 0.1) is 16.7 Å². The lowest BCUT2D eigenvalue weighted by Crippen LogP contribution is -2.26. The van der Waals surface area contributed by atoms with E-state index in [1.54, 1.807) is 0 Å². The Balaban J connectivity index is 2.23. The van der Waals surface area contributed by atoms with Crippen LogP contribution in [0.4, 0.5) is 0 Å². The Labute approximate surface area is 95.0 Å². The third-order valence-corrected chi connectivity index (χ3v) is 4.83. The Kier molecular flexibility index (Phi) is 3.83. The van der Waals surface area contributed by atoms with E-state index in [4.69, 9.17) is 5.73 Å². The van der Waals surface area contributed by atoms with E-state index in [9.17, 15) is 0 Å². The van der Waals surface area contributed by atoms with E-state index in [0.29, 0.717) is 22.8 Å². The molecule has 1 aliphatic carbocycles. The molecule has 0 bridgehead atoms. The van der Waals surface area contributed by atoms with Gasteiger partial charge in [0.2, 0.25) is 0 Å². The Morgan fingerprint density at radius 3 is 2.07 bits per heavy atom. The maximum atomic E-state index is 5.69. The van der Waals surface area contributed by atoms with Gasteiger partial charge < -0.3 is 11.1 Å². The molecule has 0 aliphatic heterocycles. The fraction of sp³-hybridized carbons (Fsp3) is 1.00. The highest BCUT2D eigenvalue weighted by Gasteiger charge is 2.64. The summed E-state index contributed by atoms with van der Waals surface area (Å²) in [6.07, 6.45) is 2.42. The van der Waals surface area contributed by atoms with Gasteiger partial charge in [0, 0.05) is 6.04 Å². The lowest BCUT2D eigenvalue weighted by atomic mass is 10.0. The standard InChI is InChI=1S/C13H28N2/c1-6-10(9-14)7-8-15-11-12(2,3)13(11,4)5/h10-11,15H,6-9,14H2,1-5H3. The summed E-state index contributed by atoms with van der Waals surface area (Å²) in [7, 11) is 0. The zero-order valence-corrected chi connectivity index (χ0v) is 11.1. The van der Waals surface area contributed by atoms with Crippen LogP contribution in [0.2, 0.25) is 0 Å². The highest BCUT2D eigenvalue weighted by atomic mass is 15.0. The van der Waals surface area contributed by atoms with Gasteiger partial charge in [-0.15, -0.1) is 0 Å². The molecule has 1 saturated carbocycles. The fourth-order valence-electron chi connectivity index (χ4n) is 2.63. The molecule has 0 heterocycles. The molecule has 1 fully saturated rings. The van der Waals surface area contributed by atoms with Gasteiger partial charge in [0.05, 0.1) is 0 Å². The predicted molar refractivity (Wildman–Crippen MR) is 66.8 cm³/mol. The molecule has 0 radical (unpaired) electrons. The number of nitrogens with one attached hydrogen (secondary N) is 1. The third kappa shape index (κ3) is 2.36. The van der Waals surface area contributed by atoms with E-state index in [1.165, 1.54) is 12.8 Å². The molecular formula is C13H28N2. The van der Waals surface area contributed by atoms with Crippen molar-refractivity contribution in [2.45, 2.75) is 53.5 Å². The molecule has 0 aromatic carbocycles. The van der Waals surface area contributed by atoms with Gasteiger partial charge >= 0.3 is 0 Å². The fourth-order valence-corrected chi connectivity index (χ4v) is 2.63. The SMILES string of the molecule is CCC(CN)CCNC1C(C)(C)C1(C)C. The molecule has 1 aliphatic rings. The minimum Gasteiger partial charge on any atom is -0.330 e. The monoisotopic (exact) mass is 212 g/mol. The highest BCUT2D eigenvalue weighted by Crippen LogP contribution is 2.62. The maximum Gasteiger partial charge on any atom is 0.0181 e. The second-order valence-corrected chi connectivity index (χ2v) is 6.13. The smallest absolute Gasteiger partial charge is 0.0181 e. The molecule has 0 saturated heterocycles. The lowest BCUT2D eigenvalue weighted by molar-refractivity contribution is 0.444. The number of rotatable bonds is 6. The zero-order chi connectivity index (χ0) is 11.7. The molecule has 2 heteroatoms. The van der Waals surface area contributed by atoms with E-state index in [2.05, 4.69) is 39.9 Å². The molecule has 3 N–H and O–H groups in total. The summed E-state index contributed by atoms with van der Waals surface area (Å²) >= 11 is 0. The van der Waals surface area contributed by atoms with Crippen molar-refractivity contribution in [3.8, 4) is 0 Å². The van der Waals surface area contributed by atoms with E-state index in [1.807, 2.05) is 0 Å². The van der Waals surface area contributed by atoms with Crippen molar-refractivity contribution in [1.82, 2.24) is 5.32 Å². The summed E-state index contributed by atoms with van der Waals surface area (Å²) in [4.78, 5) is 0. The normalized spacial score (nSPS) is 25.2. The number of hydrogen-bond donors (Lipinski definition) is 2. The molecule has 90 valence electrons. The summed E-state index contributed by atoms with van der Waals surface area (Å²) < 4.78 is 0. The lowest BCUT2D eigenvalue weighted by Gasteiger charge is -2.13. The van der Waals surface area contributed by atoms with Gasteiger partial charge in [0.25, 0.3) is 0 Å². The van der Waals surface area contributed by atoms with Gasteiger partial charge in [0.15, 0.2) is 0 Å². The summed E-state index contributed by atoms with van der Waals surface area (Å²) in [5.41, 5.74) is 6.61. The summed E-state index contributed by atoms with van der Waals surface area (Å²) in [6.45, 7) is 13.6. The van der Waals surface area contributed by atoms with Gasteiger partial charge in [-0.05, 0) is 36.3 Å². The van der Waals surface area contributed by atoms with Gasteiger partial charge in [-0.25, -0.2) is 0 Å². The number of hydrogen-bond acceptors (Lipinski definition) is 2. The van der Waals surface area contributed by atoms with Crippen molar-refractivity contribution in [1.29, 1.82) is 0 Å². The molecule has 0 aromatic heterocycles. The summed E-state index contributed by atoms with van der Waals surface area (Å²) in [6, 6.07) is 0.681. The summed E-state index contributed by atoms with van der Waals surface area (Å²) in [5, 5.41) is 3.68. The highest BCUT2D eigenvalue weighted by molar-refractivity contribution is 5.17. The van der Waals surface area contributed by atoms with Crippen molar-refractivity contribution in [3.05, 3.63) is 0 Å². The molecule has 1 unspecified atom stereocenters. The molecule has 2 nitrogen and oxygen atoms in total. The van der Waals surface area contributed by atoms with Crippen molar-refractivity contribution < 1.29 is 0 Å². The van der Waals surface area contributed by atoms with Crippen LogP contribution < -0.4 is 11.1 Å². The van der Waals surface area contributed by atoms with Gasteiger partial charge in [-0.2, -0.15) is 0 Å². The molecule has 1 atom stereocenters. The van der Waals surface area contributed by atoms with E-state index in [0.717, 1.165) is 13.1 Å². The minimum absolute atomic E-state index is 0.456. The van der Waals surface area contributed by atoms with Gasteiger partial charge in [0.1, 0.15) is 0 Å². The first-order valence-corrected chi connectivity index (χ1v) is 6.31. The molecule has 0 aromatic rings. The van der Waals surface area contributed by atoms with Crippen LogP contribution >= 0.6 is 0 Å². The van der Waals surface area contributed by atoms with Crippen LogP contribution in [-0.2, 0) is 0 Å². The van der Waals surface area contributed by atoms with Crippen molar-refractivity contribution in [2.24, 2.45) is 22.5 Å². The minimum atomic E-state index is 0.456. The number of nitrogens with two attached hydrogens (primary N) is 1. The molecule has 0 amide bonds. The van der Waals surface area contributed by atoms with Crippen molar-refractivity contribution in [2.75, 3.05) is 13.1 Å². The second kappa shape index (κ2) is 4.42. The third-order valence-electron chi connectivity index (χ3n) is 4.83. The first-order valence-electron chi connectivity index (χ1n) is 6.31. The van der Waals surface area contributed by atoms with Crippen LogP contribution in [0.5, 0.6) is 0 Å². The van der Waals surface area contributed by atoms with Gasteiger partial charge in [-0.3, -0.25) is 0 Å². The van der Waals surface area contributed by atoms with E-state index >= 15 is 0 Å². The first kappa shape index (κ1) is 13.0. The Hall–Kier alpha value is -0.0800. The van der Waals surface area contributed by atoms with Crippen molar-refractivity contribution >= 4 is 0 Å². The average molecular weight is 212 g/mol. The molecule has 1 rings (SSSR count). The van der Waals surface area contributed by atoms with Crippen LogP contribution in [0.15, 0.2) is 0 Å². The topological polar surface area (TPSA) is 38.0 Å². The molecular weight excluding hydrogens is 184 g/mol. The second-order valence-electron chi connectivity index (χ2n) is 6.13. The van der Waals surface area contributed by atoms with E-state index < -0.39 is 0 Å². The van der Waals surface area contributed by atoms with Gasteiger partial charge in [-0.1, -0.05) is 41.0 Å². The maximum absolute atomic E-state index is 5.69. The van der Waals surface area contributed by atoms with Crippen molar-refractivity contribution in [3.63, 3.8) is 0 Å². The zero-order valence-electron chi connectivity index (χ0n) is 11.1. The van der Waals surface area contributed by atoms with Crippen LogP contribution in [0.25, 0.3) is 0 Å². The Bertz CT molecular complexity index is 191. The molecule has 15 heavy (non-hydrogen) atoms. The van der Waals surface area contributed by atoms with Crippen LogP contribution in [0.3, 0.4) is 0 Å².